The molecule has 0 bridgehead atoms. The Morgan fingerprint density at radius 1 is 1.24 bits per heavy atom. The molecular weight excluding hydrogens is 218 g/mol. The number of piperazine rings is 1. The zero-order valence-corrected chi connectivity index (χ0v) is 10.3. The van der Waals surface area contributed by atoms with Gasteiger partial charge in [0.15, 0.2) is 0 Å². The van der Waals surface area contributed by atoms with Gasteiger partial charge in [0, 0.05) is 38.8 Å². The lowest BCUT2D eigenvalue weighted by atomic mass is 9.85. The predicted molar refractivity (Wildman–Crippen MR) is 66.2 cm³/mol. The molecule has 0 aromatic rings. The number of carbonyl (C=O) groups is 1. The highest BCUT2D eigenvalue weighted by atomic mass is 16.4. The van der Waals surface area contributed by atoms with Crippen molar-refractivity contribution in [2.45, 2.75) is 31.7 Å². The molecule has 0 aromatic carbocycles. The molecule has 0 atom stereocenters. The van der Waals surface area contributed by atoms with Crippen LogP contribution in [0.5, 0.6) is 0 Å². The van der Waals surface area contributed by atoms with Crippen molar-refractivity contribution in [3.8, 4) is 0 Å². The first kappa shape index (κ1) is 12.6. The molecule has 1 saturated heterocycles. The third-order valence-electron chi connectivity index (χ3n) is 3.90. The van der Waals surface area contributed by atoms with E-state index in [0.717, 1.165) is 57.8 Å². The van der Waals surface area contributed by atoms with E-state index in [1.165, 1.54) is 6.54 Å². The first-order valence-electron chi connectivity index (χ1n) is 6.66. The maximum atomic E-state index is 10.5. The molecule has 98 valence electrons. The van der Waals surface area contributed by atoms with Crippen LogP contribution in [0.15, 0.2) is 0 Å². The van der Waals surface area contributed by atoms with E-state index in [1.807, 2.05) is 0 Å². The third-order valence-corrected chi connectivity index (χ3v) is 3.90. The van der Waals surface area contributed by atoms with Crippen LogP contribution in [0.4, 0.5) is 4.79 Å². The van der Waals surface area contributed by atoms with Crippen LogP contribution in [-0.4, -0.2) is 54.9 Å². The summed E-state index contributed by atoms with van der Waals surface area (Å²) >= 11 is 0. The van der Waals surface area contributed by atoms with Crippen LogP contribution in [0.1, 0.15) is 25.7 Å². The van der Waals surface area contributed by atoms with Crippen molar-refractivity contribution in [1.29, 1.82) is 0 Å². The monoisotopic (exact) mass is 241 g/mol. The molecule has 1 saturated carbocycles. The van der Waals surface area contributed by atoms with E-state index in [-0.39, 0.29) is 6.04 Å². The molecular formula is C12H23N3O2. The first-order valence-corrected chi connectivity index (χ1v) is 6.66. The van der Waals surface area contributed by atoms with Crippen molar-refractivity contribution in [3.63, 3.8) is 0 Å². The van der Waals surface area contributed by atoms with Crippen molar-refractivity contribution >= 4 is 6.09 Å². The van der Waals surface area contributed by atoms with E-state index in [4.69, 9.17) is 5.11 Å². The molecule has 5 nitrogen and oxygen atoms in total. The smallest absolute Gasteiger partial charge is 0.404 e. The minimum Gasteiger partial charge on any atom is -0.465 e. The molecule has 17 heavy (non-hydrogen) atoms. The van der Waals surface area contributed by atoms with Crippen LogP contribution in [0, 0.1) is 5.92 Å². The molecule has 5 heteroatoms. The number of rotatable bonds is 3. The molecule has 0 aromatic heterocycles. The third kappa shape index (κ3) is 4.16. The van der Waals surface area contributed by atoms with Gasteiger partial charge in [-0.2, -0.15) is 0 Å². The first-order chi connectivity index (χ1) is 8.24. The molecule has 0 radical (unpaired) electrons. The second-order valence-electron chi connectivity index (χ2n) is 5.22. The summed E-state index contributed by atoms with van der Waals surface area (Å²) in [6.45, 7) is 5.73. The summed E-state index contributed by atoms with van der Waals surface area (Å²) in [5.41, 5.74) is 0. The van der Waals surface area contributed by atoms with Crippen molar-refractivity contribution < 1.29 is 9.90 Å². The van der Waals surface area contributed by atoms with Crippen molar-refractivity contribution in [2.75, 3.05) is 32.7 Å². The fourth-order valence-corrected chi connectivity index (χ4v) is 2.92. The maximum absolute atomic E-state index is 10.5. The van der Waals surface area contributed by atoms with Crippen LogP contribution in [-0.2, 0) is 0 Å². The van der Waals surface area contributed by atoms with Crippen LogP contribution in [0.2, 0.25) is 0 Å². The maximum Gasteiger partial charge on any atom is 0.404 e. The summed E-state index contributed by atoms with van der Waals surface area (Å²) in [7, 11) is 0. The Hall–Kier alpha value is -0.810. The van der Waals surface area contributed by atoms with E-state index in [0.29, 0.717) is 0 Å². The predicted octanol–water partition coefficient (Wildman–Crippen LogP) is 0.718. The highest BCUT2D eigenvalue weighted by Crippen LogP contribution is 2.25. The van der Waals surface area contributed by atoms with Gasteiger partial charge in [0.2, 0.25) is 0 Å². The number of nitrogens with one attached hydrogen (secondary N) is 2. The molecule has 0 spiro atoms. The molecule has 3 N–H and O–H groups in total. The largest absolute Gasteiger partial charge is 0.465 e. The molecule has 1 aliphatic carbocycles. The van der Waals surface area contributed by atoms with Gasteiger partial charge in [-0.1, -0.05) is 0 Å². The highest BCUT2D eigenvalue weighted by Gasteiger charge is 2.24. The minimum absolute atomic E-state index is 0.187. The molecule has 2 aliphatic rings. The summed E-state index contributed by atoms with van der Waals surface area (Å²) in [5.74, 6) is 0.764. The fourth-order valence-electron chi connectivity index (χ4n) is 2.92. The Morgan fingerprint density at radius 3 is 2.47 bits per heavy atom. The highest BCUT2D eigenvalue weighted by molar-refractivity contribution is 5.64. The summed E-state index contributed by atoms with van der Waals surface area (Å²) in [5, 5.41) is 14.6. The molecule has 2 fully saturated rings. The van der Waals surface area contributed by atoms with Crippen LogP contribution in [0.3, 0.4) is 0 Å². The SMILES string of the molecule is O=C(O)NC1CCC(CN2CCNCC2)CC1. The Labute approximate surface area is 103 Å². The van der Waals surface area contributed by atoms with Gasteiger partial charge in [0.1, 0.15) is 0 Å². The van der Waals surface area contributed by atoms with Gasteiger partial charge in [-0.15, -0.1) is 0 Å². The lowest BCUT2D eigenvalue weighted by molar-refractivity contribution is 0.162. The summed E-state index contributed by atoms with van der Waals surface area (Å²) < 4.78 is 0. The topological polar surface area (TPSA) is 64.6 Å². The van der Waals surface area contributed by atoms with E-state index < -0.39 is 6.09 Å². The average molecular weight is 241 g/mol. The summed E-state index contributed by atoms with van der Waals surface area (Å²) in [6.07, 6.45) is 3.45. The second-order valence-corrected chi connectivity index (χ2v) is 5.22. The standard InChI is InChI=1S/C12H23N3O2/c16-12(17)14-11-3-1-10(2-4-11)9-15-7-5-13-6-8-15/h10-11,13-14H,1-9H2,(H,16,17). The van der Waals surface area contributed by atoms with Crippen molar-refractivity contribution in [1.82, 2.24) is 15.5 Å². The Bertz CT molecular complexity index is 246. The second kappa shape index (κ2) is 6.21. The van der Waals surface area contributed by atoms with Crippen molar-refractivity contribution in [2.24, 2.45) is 5.92 Å². The molecule has 1 aliphatic heterocycles. The molecule has 2 rings (SSSR count). The molecule has 0 unspecified atom stereocenters. The van der Waals surface area contributed by atoms with Crippen LogP contribution in [0.25, 0.3) is 0 Å². The minimum atomic E-state index is -0.879. The quantitative estimate of drug-likeness (QED) is 0.681. The summed E-state index contributed by atoms with van der Waals surface area (Å²) in [6, 6.07) is 0.187. The van der Waals surface area contributed by atoms with E-state index in [1.54, 1.807) is 0 Å². The zero-order valence-electron chi connectivity index (χ0n) is 10.3. The lowest BCUT2D eigenvalue weighted by Gasteiger charge is -2.34. The Morgan fingerprint density at radius 2 is 1.88 bits per heavy atom. The number of hydrogen-bond acceptors (Lipinski definition) is 3. The summed E-state index contributed by atoms with van der Waals surface area (Å²) in [4.78, 5) is 13.1. The Kier molecular flexibility index (Phi) is 4.62. The zero-order chi connectivity index (χ0) is 12.1. The van der Waals surface area contributed by atoms with Gasteiger partial charge in [0.25, 0.3) is 0 Å². The van der Waals surface area contributed by atoms with Gasteiger partial charge in [-0.25, -0.2) is 4.79 Å². The van der Waals surface area contributed by atoms with Gasteiger partial charge < -0.3 is 20.6 Å². The lowest BCUT2D eigenvalue weighted by Crippen LogP contribution is -2.46. The van der Waals surface area contributed by atoms with Gasteiger partial charge in [-0.05, 0) is 31.6 Å². The number of hydrogen-bond donors (Lipinski definition) is 3. The number of nitrogens with zero attached hydrogens (tertiary/aromatic N) is 1. The van der Waals surface area contributed by atoms with Crippen LogP contribution >= 0.6 is 0 Å². The Balaban J connectivity index is 1.66. The van der Waals surface area contributed by atoms with E-state index in [9.17, 15) is 4.79 Å². The van der Waals surface area contributed by atoms with Crippen LogP contribution < -0.4 is 10.6 Å². The van der Waals surface area contributed by atoms with Gasteiger partial charge in [-0.3, -0.25) is 0 Å². The fraction of sp³-hybridized carbons (Fsp3) is 0.917. The number of carboxylic acid groups (broad SMARTS) is 1. The molecule has 1 amide bonds. The average Bonchev–Trinajstić information content (AvgIpc) is 2.32. The number of amides is 1. The van der Waals surface area contributed by atoms with Crippen molar-refractivity contribution in [3.05, 3.63) is 0 Å². The normalized spacial score (nSPS) is 31.1. The molecule has 1 heterocycles. The van der Waals surface area contributed by atoms with Gasteiger partial charge >= 0.3 is 6.09 Å². The van der Waals surface area contributed by atoms with E-state index >= 15 is 0 Å². The van der Waals surface area contributed by atoms with Gasteiger partial charge in [0.05, 0.1) is 0 Å². The van der Waals surface area contributed by atoms with E-state index in [2.05, 4.69) is 15.5 Å².